The Hall–Kier alpha value is -6.54. The van der Waals surface area contributed by atoms with Crippen molar-refractivity contribution >= 4 is 52.2 Å². The Labute approximate surface area is 419 Å². The third kappa shape index (κ3) is 14.3. The van der Waals surface area contributed by atoms with Crippen LogP contribution in [0.5, 0.6) is 0 Å². The molecule has 0 amide bonds. The third-order valence-electron chi connectivity index (χ3n) is 13.6. The molecule has 0 radical (unpaired) electrons. The highest BCUT2D eigenvalue weighted by Gasteiger charge is 2.43. The summed E-state index contributed by atoms with van der Waals surface area (Å²) in [6.07, 6.45) is 32.5. The molecule has 5 aromatic rings. The van der Waals surface area contributed by atoms with E-state index in [1.165, 1.54) is 103 Å². The Morgan fingerprint density at radius 3 is 1.34 bits per heavy atom. The molecule has 0 unspecified atom stereocenters. The van der Waals surface area contributed by atoms with Gasteiger partial charge in [-0.25, -0.2) is 10.0 Å². The van der Waals surface area contributed by atoms with Gasteiger partial charge in [-0.1, -0.05) is 196 Å². The van der Waals surface area contributed by atoms with E-state index in [0.29, 0.717) is 24.2 Å². The predicted octanol–water partition coefficient (Wildman–Crippen LogP) is 16.5. The minimum Gasteiger partial charge on any atom is -0.506 e. The second kappa shape index (κ2) is 28.2. The van der Waals surface area contributed by atoms with Gasteiger partial charge in [0.2, 0.25) is 17.2 Å². The van der Waals surface area contributed by atoms with E-state index in [1.54, 1.807) is 0 Å². The first kappa shape index (κ1) is 51.3. The number of carbonyl (C=O) groups excluding carboxylic acids is 1. The number of hydrazone groups is 2. The number of anilines is 4. The van der Waals surface area contributed by atoms with Crippen molar-refractivity contribution in [3.05, 3.63) is 174 Å². The number of benzene rings is 4. The standard InChI is InChI=1S/C62H76N6O2/c1-3-5-7-9-11-13-15-17-19-33-47-65-55(49-63-67(51-35-25-21-26-36-51)52-37-27-22-28-38-52)43-45-57(65)59-61(69)60(62(59)70)58-46-44-56(66(58)48-34-20-18-16-14-12-10-8-6-4-2)50-64-68(53-39-29-23-30-40-53)54-41-31-24-32-42-54/h21-32,35-46,49-50H,3-20,33-34,47-48H2,1-2H3/p+1. The van der Waals surface area contributed by atoms with E-state index in [9.17, 15) is 9.90 Å². The minimum atomic E-state index is -0.139. The summed E-state index contributed by atoms with van der Waals surface area (Å²) in [6.45, 7) is 5.96. The zero-order chi connectivity index (χ0) is 48.6. The molecular weight excluding hydrogens is 861 g/mol. The Morgan fingerprint density at radius 2 is 0.900 bits per heavy atom. The van der Waals surface area contributed by atoms with Gasteiger partial charge in [-0.15, -0.1) is 0 Å². The second-order valence-electron chi connectivity index (χ2n) is 18.8. The molecule has 1 aliphatic carbocycles. The minimum absolute atomic E-state index is 0.0484. The molecule has 2 heterocycles. The van der Waals surface area contributed by atoms with Crippen LogP contribution in [-0.2, 0) is 11.3 Å². The van der Waals surface area contributed by atoms with Crippen molar-refractivity contribution in [3.63, 3.8) is 0 Å². The first-order valence-corrected chi connectivity index (χ1v) is 26.7. The van der Waals surface area contributed by atoms with Crippen molar-refractivity contribution in [2.24, 2.45) is 10.2 Å². The van der Waals surface area contributed by atoms with Gasteiger partial charge in [-0.3, -0.25) is 4.79 Å². The molecular formula is C62H77N6O2+. The van der Waals surface area contributed by atoms with Crippen LogP contribution < -0.4 is 10.0 Å². The molecule has 0 fully saturated rings. The summed E-state index contributed by atoms with van der Waals surface area (Å²) in [5.41, 5.74) is 7.75. The predicted molar refractivity (Wildman–Crippen MR) is 295 cm³/mol. The molecule has 1 aromatic heterocycles. The first-order valence-electron chi connectivity index (χ1n) is 26.7. The molecule has 1 N–H and O–H groups in total. The molecule has 1 aliphatic heterocycles. The molecule has 0 saturated carbocycles. The first-order chi connectivity index (χ1) is 34.6. The van der Waals surface area contributed by atoms with E-state index in [0.717, 1.165) is 71.2 Å². The van der Waals surface area contributed by atoms with Crippen molar-refractivity contribution in [1.82, 2.24) is 4.57 Å². The average Bonchev–Trinajstić information content (AvgIpc) is 3.98. The van der Waals surface area contributed by atoms with Crippen LogP contribution in [0.2, 0.25) is 0 Å². The largest absolute Gasteiger partial charge is 0.506 e. The van der Waals surface area contributed by atoms with Crippen LogP contribution in [0.15, 0.2) is 173 Å². The number of aromatic nitrogens is 1. The summed E-state index contributed by atoms with van der Waals surface area (Å²) >= 11 is 0. The summed E-state index contributed by atoms with van der Waals surface area (Å²) in [6, 6.07) is 44.6. The molecule has 366 valence electrons. The summed E-state index contributed by atoms with van der Waals surface area (Å²) < 4.78 is 4.37. The smallest absolute Gasteiger partial charge is 0.226 e. The number of hydrogen-bond donors (Lipinski definition) is 1. The van der Waals surface area contributed by atoms with Crippen LogP contribution in [-0.4, -0.2) is 44.7 Å². The zero-order valence-corrected chi connectivity index (χ0v) is 42.1. The lowest BCUT2D eigenvalue weighted by molar-refractivity contribution is -0.468. The molecule has 8 nitrogen and oxygen atoms in total. The number of carbonyl (C=O) groups is 1. The van der Waals surface area contributed by atoms with E-state index in [1.807, 2.05) is 120 Å². The van der Waals surface area contributed by atoms with Crippen LogP contribution in [0.25, 0.3) is 5.57 Å². The highest BCUT2D eigenvalue weighted by molar-refractivity contribution is 6.39. The number of rotatable bonds is 31. The van der Waals surface area contributed by atoms with E-state index < -0.39 is 0 Å². The van der Waals surface area contributed by atoms with Gasteiger partial charge in [0.15, 0.2) is 0 Å². The number of aliphatic hydroxyl groups is 1. The van der Waals surface area contributed by atoms with Crippen molar-refractivity contribution in [2.75, 3.05) is 16.6 Å². The van der Waals surface area contributed by atoms with Gasteiger partial charge in [-0.2, -0.15) is 14.8 Å². The lowest BCUT2D eigenvalue weighted by atomic mass is 9.84. The molecule has 70 heavy (non-hydrogen) atoms. The van der Waals surface area contributed by atoms with Gasteiger partial charge in [0.1, 0.15) is 24.1 Å². The van der Waals surface area contributed by atoms with Crippen LogP contribution in [0.4, 0.5) is 22.7 Å². The fourth-order valence-corrected chi connectivity index (χ4v) is 9.60. The summed E-state index contributed by atoms with van der Waals surface area (Å²) in [5.74, 6) is -0.0908. The number of allylic oxidation sites excluding steroid dienone is 4. The van der Waals surface area contributed by atoms with Gasteiger partial charge in [0.05, 0.1) is 45.9 Å². The Kier molecular flexibility index (Phi) is 20.7. The van der Waals surface area contributed by atoms with Gasteiger partial charge >= 0.3 is 0 Å². The molecule has 2 aliphatic rings. The van der Waals surface area contributed by atoms with Gasteiger partial charge in [-0.05, 0) is 73.5 Å². The highest BCUT2D eigenvalue weighted by Crippen LogP contribution is 2.40. The number of nitrogens with zero attached hydrogens (tertiary/aromatic N) is 6. The van der Waals surface area contributed by atoms with Crippen molar-refractivity contribution in [3.8, 4) is 0 Å². The van der Waals surface area contributed by atoms with Crippen LogP contribution in [0.1, 0.15) is 154 Å². The fraction of sp³-hybridized carbons (Fsp3) is 0.387. The summed E-state index contributed by atoms with van der Waals surface area (Å²) in [4.78, 5) is 14.7. The van der Waals surface area contributed by atoms with E-state index in [4.69, 9.17) is 10.2 Å². The normalized spacial score (nSPS) is 14.7. The maximum Gasteiger partial charge on any atom is 0.226 e. The molecule has 0 spiro atoms. The maximum atomic E-state index is 14.7. The van der Waals surface area contributed by atoms with Gasteiger partial charge in [0.25, 0.3) is 0 Å². The summed E-state index contributed by atoms with van der Waals surface area (Å²) in [5, 5.41) is 26.2. The second-order valence-corrected chi connectivity index (χ2v) is 18.8. The monoisotopic (exact) mass is 938 g/mol. The quantitative estimate of drug-likeness (QED) is 0.0158. The van der Waals surface area contributed by atoms with Gasteiger partial charge < -0.3 is 9.67 Å². The lowest BCUT2D eigenvalue weighted by Gasteiger charge is -2.23. The number of aliphatic hydroxyl groups excluding tert-OH is 1. The Bertz CT molecular complexity index is 2470. The molecule has 0 atom stereocenters. The van der Waals surface area contributed by atoms with Crippen molar-refractivity contribution in [1.29, 1.82) is 0 Å². The molecule has 4 aromatic carbocycles. The average molecular weight is 938 g/mol. The lowest BCUT2D eigenvalue weighted by Crippen LogP contribution is -2.28. The molecule has 8 heteroatoms. The Morgan fingerprint density at radius 1 is 0.486 bits per heavy atom. The Balaban J connectivity index is 1.17. The maximum absolute atomic E-state index is 14.7. The van der Waals surface area contributed by atoms with Gasteiger partial charge in [0, 0.05) is 25.1 Å². The van der Waals surface area contributed by atoms with Crippen LogP contribution >= 0.6 is 0 Å². The van der Waals surface area contributed by atoms with E-state index in [2.05, 4.69) is 71.5 Å². The van der Waals surface area contributed by atoms with Crippen molar-refractivity contribution in [2.45, 2.75) is 149 Å². The van der Waals surface area contributed by atoms with E-state index >= 15 is 0 Å². The highest BCUT2D eigenvalue weighted by atomic mass is 16.3. The molecule has 7 rings (SSSR count). The number of Topliss-reactive ketones (excluding diaryl/α,β-unsaturated/α-hetero) is 1. The van der Waals surface area contributed by atoms with Crippen molar-refractivity contribution < 1.29 is 14.5 Å². The summed E-state index contributed by atoms with van der Waals surface area (Å²) in [7, 11) is 0. The SMILES string of the molecule is CCCCCCCCCCCCn1c(/C=N/N(c2ccccc2)c2ccccc2)ccc1C1=C(O)/C(=C2/C=CC(/C=N/N(c3ccccc3)c3ccccc3)=[N+]2CCCCCCCCCCCC)C1=O. The number of para-hydroxylation sites is 4. The number of ketones is 1. The number of unbranched alkanes of at least 4 members (excludes halogenated alkanes) is 18. The number of hydrogen-bond acceptors (Lipinski definition) is 6. The third-order valence-corrected chi connectivity index (χ3v) is 13.6. The van der Waals surface area contributed by atoms with Crippen LogP contribution in [0.3, 0.4) is 0 Å². The topological polar surface area (TPSA) is 76.4 Å². The molecule has 0 bridgehead atoms. The fourth-order valence-electron chi connectivity index (χ4n) is 9.60. The van der Waals surface area contributed by atoms with Crippen LogP contribution in [0, 0.1) is 0 Å². The molecule has 0 saturated heterocycles. The zero-order valence-electron chi connectivity index (χ0n) is 42.1. The van der Waals surface area contributed by atoms with E-state index in [-0.39, 0.29) is 11.5 Å².